The van der Waals surface area contributed by atoms with Gasteiger partial charge in [-0.3, -0.25) is 4.90 Å². The third-order valence-electron chi connectivity index (χ3n) is 4.33. The van der Waals surface area contributed by atoms with Gasteiger partial charge in [0.05, 0.1) is 18.6 Å². The van der Waals surface area contributed by atoms with Crippen molar-refractivity contribution in [2.45, 2.75) is 25.2 Å². The quantitative estimate of drug-likeness (QED) is 0.859. The standard InChI is InChI=1S/C14H17ClN4O2/c15-12-11-10(7-16-13(11)18-9-17-12)8-19-3-1-14(2-4-19)20-5-6-21-14/h7,9H,1-6,8H2,(H,16,17,18). The number of H-pyrrole nitrogens is 1. The summed E-state index contributed by atoms with van der Waals surface area (Å²) in [6.07, 6.45) is 5.28. The molecule has 2 aromatic heterocycles. The molecule has 0 radical (unpaired) electrons. The molecule has 0 saturated carbocycles. The molecular weight excluding hydrogens is 292 g/mol. The van der Waals surface area contributed by atoms with Crippen LogP contribution in [-0.2, 0) is 16.0 Å². The van der Waals surface area contributed by atoms with E-state index in [1.165, 1.54) is 6.33 Å². The Labute approximate surface area is 127 Å². The van der Waals surface area contributed by atoms with Gasteiger partial charge in [-0.1, -0.05) is 11.6 Å². The molecule has 0 aliphatic carbocycles. The number of hydrogen-bond donors (Lipinski definition) is 1. The highest BCUT2D eigenvalue weighted by atomic mass is 35.5. The van der Waals surface area contributed by atoms with E-state index in [2.05, 4.69) is 19.9 Å². The van der Waals surface area contributed by atoms with Crippen LogP contribution in [0.5, 0.6) is 0 Å². The molecule has 2 aliphatic rings. The van der Waals surface area contributed by atoms with E-state index in [1.54, 1.807) is 0 Å². The summed E-state index contributed by atoms with van der Waals surface area (Å²) in [7, 11) is 0. The van der Waals surface area contributed by atoms with Gasteiger partial charge in [0.2, 0.25) is 0 Å². The van der Waals surface area contributed by atoms with Crippen LogP contribution in [0.3, 0.4) is 0 Å². The molecule has 2 aromatic rings. The Balaban J connectivity index is 1.49. The van der Waals surface area contributed by atoms with Gasteiger partial charge in [0.1, 0.15) is 17.1 Å². The second-order valence-corrected chi connectivity index (χ2v) is 5.94. The monoisotopic (exact) mass is 308 g/mol. The molecule has 0 amide bonds. The van der Waals surface area contributed by atoms with Crippen molar-refractivity contribution in [2.75, 3.05) is 26.3 Å². The summed E-state index contributed by atoms with van der Waals surface area (Å²) in [5.41, 5.74) is 1.93. The fourth-order valence-corrected chi connectivity index (χ4v) is 3.44. The van der Waals surface area contributed by atoms with Gasteiger partial charge < -0.3 is 14.5 Å². The second-order valence-electron chi connectivity index (χ2n) is 5.59. The van der Waals surface area contributed by atoms with Crippen LogP contribution in [0.15, 0.2) is 12.5 Å². The minimum absolute atomic E-state index is 0.322. The minimum Gasteiger partial charge on any atom is -0.347 e. The molecule has 112 valence electrons. The molecule has 2 aliphatic heterocycles. The smallest absolute Gasteiger partial charge is 0.170 e. The van der Waals surface area contributed by atoms with Crippen LogP contribution in [-0.4, -0.2) is 51.9 Å². The van der Waals surface area contributed by atoms with Gasteiger partial charge in [0, 0.05) is 38.7 Å². The van der Waals surface area contributed by atoms with Gasteiger partial charge in [-0.15, -0.1) is 0 Å². The molecule has 21 heavy (non-hydrogen) atoms. The van der Waals surface area contributed by atoms with Gasteiger partial charge in [0.25, 0.3) is 0 Å². The van der Waals surface area contributed by atoms with Crippen LogP contribution in [0, 0.1) is 0 Å². The summed E-state index contributed by atoms with van der Waals surface area (Å²) < 4.78 is 11.5. The third kappa shape index (κ3) is 2.42. The number of aromatic nitrogens is 3. The first-order valence-corrected chi connectivity index (χ1v) is 7.60. The number of nitrogens with one attached hydrogen (secondary N) is 1. The predicted molar refractivity (Wildman–Crippen MR) is 78.0 cm³/mol. The number of rotatable bonds is 2. The zero-order valence-electron chi connectivity index (χ0n) is 11.6. The third-order valence-corrected chi connectivity index (χ3v) is 4.62. The largest absolute Gasteiger partial charge is 0.347 e. The van der Waals surface area contributed by atoms with Crippen LogP contribution in [0.2, 0.25) is 5.15 Å². The van der Waals surface area contributed by atoms with Crippen molar-refractivity contribution in [1.29, 1.82) is 0 Å². The summed E-state index contributed by atoms with van der Waals surface area (Å²) in [5, 5.41) is 1.43. The van der Waals surface area contributed by atoms with Crippen LogP contribution >= 0.6 is 11.6 Å². The van der Waals surface area contributed by atoms with E-state index in [-0.39, 0.29) is 5.79 Å². The SMILES string of the molecule is Clc1ncnc2[nH]cc(CN3CCC4(CC3)OCCO4)c12. The Hall–Kier alpha value is -1.21. The van der Waals surface area contributed by atoms with Crippen molar-refractivity contribution >= 4 is 22.6 Å². The van der Waals surface area contributed by atoms with Crippen molar-refractivity contribution in [3.63, 3.8) is 0 Å². The van der Waals surface area contributed by atoms with E-state index in [4.69, 9.17) is 21.1 Å². The van der Waals surface area contributed by atoms with E-state index in [0.717, 1.165) is 62.3 Å². The van der Waals surface area contributed by atoms with Gasteiger partial charge >= 0.3 is 0 Å². The molecule has 2 saturated heterocycles. The van der Waals surface area contributed by atoms with Crippen LogP contribution < -0.4 is 0 Å². The van der Waals surface area contributed by atoms with Gasteiger partial charge in [0.15, 0.2) is 5.79 Å². The van der Waals surface area contributed by atoms with E-state index in [9.17, 15) is 0 Å². The molecule has 6 nitrogen and oxygen atoms in total. The van der Waals surface area contributed by atoms with Crippen molar-refractivity contribution in [3.05, 3.63) is 23.2 Å². The molecule has 0 unspecified atom stereocenters. The second kappa shape index (κ2) is 5.21. The Morgan fingerprint density at radius 1 is 1.24 bits per heavy atom. The molecule has 1 N–H and O–H groups in total. The fraction of sp³-hybridized carbons (Fsp3) is 0.571. The summed E-state index contributed by atoms with van der Waals surface area (Å²) in [6, 6.07) is 0. The number of fused-ring (bicyclic) bond motifs is 1. The normalized spacial score (nSPS) is 22.3. The van der Waals surface area contributed by atoms with Crippen molar-refractivity contribution < 1.29 is 9.47 Å². The lowest BCUT2D eigenvalue weighted by Gasteiger charge is -2.37. The lowest BCUT2D eigenvalue weighted by molar-refractivity contribution is -0.185. The first-order valence-electron chi connectivity index (χ1n) is 7.22. The molecule has 4 heterocycles. The molecule has 7 heteroatoms. The zero-order chi connectivity index (χ0) is 14.3. The Bertz CT molecular complexity index is 643. The Morgan fingerprint density at radius 3 is 2.76 bits per heavy atom. The number of nitrogens with zero attached hydrogens (tertiary/aromatic N) is 3. The lowest BCUT2D eigenvalue weighted by atomic mass is 10.0. The van der Waals surface area contributed by atoms with Crippen LogP contribution in [0.25, 0.3) is 11.0 Å². The number of likely N-dealkylation sites (tertiary alicyclic amines) is 1. The number of piperidine rings is 1. The predicted octanol–water partition coefficient (Wildman–Crippen LogP) is 1.95. The summed E-state index contributed by atoms with van der Waals surface area (Å²) in [5.74, 6) is -0.322. The summed E-state index contributed by atoms with van der Waals surface area (Å²) in [6.45, 7) is 4.18. The summed E-state index contributed by atoms with van der Waals surface area (Å²) in [4.78, 5) is 13.8. The zero-order valence-corrected chi connectivity index (χ0v) is 12.4. The fourth-order valence-electron chi connectivity index (χ4n) is 3.19. The van der Waals surface area contributed by atoms with Crippen molar-refractivity contribution in [2.24, 2.45) is 0 Å². The van der Waals surface area contributed by atoms with E-state index in [0.29, 0.717) is 5.15 Å². The Kier molecular flexibility index (Phi) is 3.34. The van der Waals surface area contributed by atoms with Gasteiger partial charge in [-0.25, -0.2) is 9.97 Å². The molecule has 2 fully saturated rings. The maximum Gasteiger partial charge on any atom is 0.170 e. The molecule has 0 bridgehead atoms. The molecule has 0 atom stereocenters. The van der Waals surface area contributed by atoms with Crippen molar-refractivity contribution in [1.82, 2.24) is 19.9 Å². The molecule has 0 aromatic carbocycles. The maximum atomic E-state index is 6.19. The minimum atomic E-state index is -0.322. The Morgan fingerprint density at radius 2 is 2.00 bits per heavy atom. The number of halogens is 1. The number of ether oxygens (including phenoxy) is 2. The van der Waals surface area contributed by atoms with E-state index in [1.807, 2.05) is 6.20 Å². The lowest BCUT2D eigenvalue weighted by Crippen LogP contribution is -2.44. The van der Waals surface area contributed by atoms with E-state index < -0.39 is 0 Å². The van der Waals surface area contributed by atoms with Crippen LogP contribution in [0.4, 0.5) is 0 Å². The average Bonchev–Trinajstić information content (AvgIpc) is 3.11. The van der Waals surface area contributed by atoms with Gasteiger partial charge in [-0.2, -0.15) is 0 Å². The van der Waals surface area contributed by atoms with E-state index >= 15 is 0 Å². The number of aromatic amines is 1. The van der Waals surface area contributed by atoms with Crippen molar-refractivity contribution in [3.8, 4) is 0 Å². The molecule has 1 spiro atoms. The highest BCUT2D eigenvalue weighted by Crippen LogP contribution is 2.32. The summed E-state index contributed by atoms with van der Waals surface area (Å²) >= 11 is 6.19. The average molecular weight is 309 g/mol. The van der Waals surface area contributed by atoms with Crippen LogP contribution in [0.1, 0.15) is 18.4 Å². The van der Waals surface area contributed by atoms with Gasteiger partial charge in [-0.05, 0) is 5.56 Å². The molecular formula is C14H17ClN4O2. The molecule has 4 rings (SSSR count). The topological polar surface area (TPSA) is 63.3 Å². The highest BCUT2D eigenvalue weighted by Gasteiger charge is 2.39. The first kappa shape index (κ1) is 13.5. The first-order chi connectivity index (χ1) is 10.3. The number of hydrogen-bond acceptors (Lipinski definition) is 5. The highest BCUT2D eigenvalue weighted by molar-refractivity contribution is 6.34. The maximum absolute atomic E-state index is 6.19.